The molecule has 0 aliphatic carbocycles. The van der Waals surface area contributed by atoms with Crippen molar-refractivity contribution in [3.05, 3.63) is 109 Å². The third kappa shape index (κ3) is 3.23. The van der Waals surface area contributed by atoms with Gasteiger partial charge in [-0.3, -0.25) is 4.57 Å². The van der Waals surface area contributed by atoms with E-state index in [1.54, 1.807) is 0 Å². The fourth-order valence-electron chi connectivity index (χ4n) is 4.70. The van der Waals surface area contributed by atoms with Gasteiger partial charge in [0.1, 0.15) is 5.82 Å². The average Bonchev–Trinajstić information content (AvgIpc) is 3.44. The van der Waals surface area contributed by atoms with E-state index in [2.05, 4.69) is 123 Å². The second-order valence-electron chi connectivity index (χ2n) is 8.28. The van der Waals surface area contributed by atoms with Crippen LogP contribution in [-0.4, -0.2) is 19.3 Å². The molecule has 0 amide bonds. The molecule has 0 N–H and O–H groups in total. The monoisotopic (exact) mass is 428 g/mol. The number of para-hydroxylation sites is 3. The van der Waals surface area contributed by atoms with Crippen molar-refractivity contribution in [3.63, 3.8) is 0 Å². The van der Waals surface area contributed by atoms with E-state index in [-0.39, 0.29) is 0 Å². The summed E-state index contributed by atoms with van der Waals surface area (Å²) >= 11 is 0. The van der Waals surface area contributed by atoms with E-state index >= 15 is 0 Å². The lowest BCUT2D eigenvalue weighted by molar-refractivity contribution is 0.804. The molecule has 2 heterocycles. The van der Waals surface area contributed by atoms with Gasteiger partial charge in [-0.1, -0.05) is 61.5 Å². The lowest BCUT2D eigenvalue weighted by Crippen LogP contribution is -2.03. The van der Waals surface area contributed by atoms with Gasteiger partial charge in [-0.25, -0.2) is 0 Å². The number of nitrogens with zero attached hydrogens (tertiary/aromatic N) is 4. The maximum absolute atomic E-state index is 4.58. The van der Waals surface area contributed by atoms with Gasteiger partial charge in [-0.15, -0.1) is 10.2 Å². The van der Waals surface area contributed by atoms with Crippen LogP contribution >= 0.6 is 0 Å². The highest BCUT2D eigenvalue weighted by Gasteiger charge is 2.16. The summed E-state index contributed by atoms with van der Waals surface area (Å²) in [4.78, 5) is 0. The Kier molecular flexibility index (Phi) is 4.76. The number of benzene rings is 4. The molecule has 0 saturated heterocycles. The minimum Gasteiger partial charge on any atom is -0.309 e. The highest BCUT2D eigenvalue weighted by molar-refractivity contribution is 6.09. The number of fused-ring (bicyclic) bond motifs is 3. The zero-order valence-corrected chi connectivity index (χ0v) is 18.5. The molecule has 0 spiro atoms. The first-order chi connectivity index (χ1) is 16.3. The van der Waals surface area contributed by atoms with Crippen molar-refractivity contribution in [2.75, 3.05) is 0 Å². The topological polar surface area (TPSA) is 35.6 Å². The first-order valence-electron chi connectivity index (χ1n) is 11.4. The molecule has 33 heavy (non-hydrogen) atoms. The van der Waals surface area contributed by atoms with Crippen LogP contribution in [0.4, 0.5) is 0 Å². The highest BCUT2D eigenvalue weighted by atomic mass is 15.3. The van der Waals surface area contributed by atoms with Gasteiger partial charge in [0.15, 0.2) is 5.82 Å². The quantitative estimate of drug-likeness (QED) is 0.297. The standard InChI is InChI=1S/C29H24N4/c1-2-10-28-30-31-29(33(28)22-11-4-3-5-12-22)21-17-19-23(20-18-21)32-26-15-8-6-13-24(26)25-14-7-9-16-27(25)32/h3-9,11-20H,2,10H2,1H3. The lowest BCUT2D eigenvalue weighted by Gasteiger charge is -2.12. The maximum atomic E-state index is 4.58. The Morgan fingerprint density at radius 3 is 1.79 bits per heavy atom. The zero-order chi connectivity index (χ0) is 22.2. The van der Waals surface area contributed by atoms with Gasteiger partial charge < -0.3 is 4.57 Å². The van der Waals surface area contributed by atoms with E-state index < -0.39 is 0 Å². The van der Waals surface area contributed by atoms with Crippen LogP contribution in [-0.2, 0) is 6.42 Å². The van der Waals surface area contributed by atoms with Gasteiger partial charge in [0.25, 0.3) is 0 Å². The van der Waals surface area contributed by atoms with Gasteiger partial charge in [0.2, 0.25) is 0 Å². The molecule has 6 aromatic rings. The second-order valence-corrected chi connectivity index (χ2v) is 8.28. The normalized spacial score (nSPS) is 11.4. The van der Waals surface area contributed by atoms with Crippen molar-refractivity contribution in [1.82, 2.24) is 19.3 Å². The summed E-state index contributed by atoms with van der Waals surface area (Å²) in [6.07, 6.45) is 1.92. The zero-order valence-electron chi connectivity index (χ0n) is 18.5. The molecule has 2 aromatic heterocycles. The summed E-state index contributed by atoms with van der Waals surface area (Å²) in [6.45, 7) is 2.17. The molecule has 4 heteroatoms. The van der Waals surface area contributed by atoms with Crippen molar-refractivity contribution >= 4 is 21.8 Å². The molecule has 0 fully saturated rings. The van der Waals surface area contributed by atoms with Gasteiger partial charge in [0, 0.05) is 34.1 Å². The van der Waals surface area contributed by atoms with E-state index in [1.807, 2.05) is 6.07 Å². The summed E-state index contributed by atoms with van der Waals surface area (Å²) < 4.78 is 4.51. The van der Waals surface area contributed by atoms with E-state index in [4.69, 9.17) is 0 Å². The van der Waals surface area contributed by atoms with E-state index in [9.17, 15) is 0 Å². The summed E-state index contributed by atoms with van der Waals surface area (Å²) in [5.41, 5.74) is 5.70. The molecule has 0 aliphatic rings. The molecular weight excluding hydrogens is 404 g/mol. The van der Waals surface area contributed by atoms with Gasteiger partial charge in [0.05, 0.1) is 11.0 Å². The summed E-state index contributed by atoms with van der Waals surface area (Å²) in [5.74, 6) is 1.86. The number of aryl methyl sites for hydroxylation is 1. The average molecular weight is 429 g/mol. The molecule has 0 atom stereocenters. The van der Waals surface area contributed by atoms with Crippen LogP contribution < -0.4 is 0 Å². The third-order valence-electron chi connectivity index (χ3n) is 6.18. The largest absolute Gasteiger partial charge is 0.309 e. The van der Waals surface area contributed by atoms with Crippen LogP contribution in [0.3, 0.4) is 0 Å². The van der Waals surface area contributed by atoms with Crippen LogP contribution in [0.5, 0.6) is 0 Å². The Morgan fingerprint density at radius 2 is 1.15 bits per heavy atom. The predicted molar refractivity (Wildman–Crippen MR) is 135 cm³/mol. The number of aromatic nitrogens is 4. The summed E-state index contributed by atoms with van der Waals surface area (Å²) in [7, 11) is 0. The summed E-state index contributed by atoms with van der Waals surface area (Å²) in [5, 5.41) is 11.6. The molecule has 0 radical (unpaired) electrons. The maximum Gasteiger partial charge on any atom is 0.168 e. The van der Waals surface area contributed by atoms with E-state index in [0.717, 1.165) is 41.4 Å². The highest BCUT2D eigenvalue weighted by Crippen LogP contribution is 2.32. The second kappa shape index (κ2) is 8.06. The summed E-state index contributed by atoms with van der Waals surface area (Å²) in [6, 6.07) is 36.2. The molecular formula is C29H24N4. The number of hydrogen-bond donors (Lipinski definition) is 0. The van der Waals surface area contributed by atoms with Gasteiger partial charge >= 0.3 is 0 Å². The minimum atomic E-state index is 0.874. The fourth-order valence-corrected chi connectivity index (χ4v) is 4.70. The molecule has 160 valence electrons. The van der Waals surface area contributed by atoms with E-state index in [0.29, 0.717) is 0 Å². The van der Waals surface area contributed by atoms with Crippen LogP contribution in [0.25, 0.3) is 44.6 Å². The molecule has 4 aromatic carbocycles. The molecule has 0 bridgehead atoms. The Hall–Kier alpha value is -4.18. The van der Waals surface area contributed by atoms with Crippen molar-refractivity contribution in [2.45, 2.75) is 19.8 Å². The van der Waals surface area contributed by atoms with Crippen molar-refractivity contribution in [3.8, 4) is 22.8 Å². The fraction of sp³-hybridized carbons (Fsp3) is 0.103. The predicted octanol–water partition coefficient (Wildman–Crippen LogP) is 6.98. The number of rotatable bonds is 5. The molecule has 0 saturated carbocycles. The van der Waals surface area contributed by atoms with Crippen LogP contribution in [0.2, 0.25) is 0 Å². The molecule has 0 unspecified atom stereocenters. The number of hydrogen-bond acceptors (Lipinski definition) is 2. The van der Waals surface area contributed by atoms with Crippen molar-refractivity contribution < 1.29 is 0 Å². The molecule has 6 rings (SSSR count). The smallest absolute Gasteiger partial charge is 0.168 e. The SMILES string of the molecule is CCCc1nnc(-c2ccc(-n3c4ccccc4c4ccccc43)cc2)n1-c1ccccc1. The van der Waals surface area contributed by atoms with E-state index in [1.165, 1.54) is 21.8 Å². The van der Waals surface area contributed by atoms with Crippen LogP contribution in [0.15, 0.2) is 103 Å². The van der Waals surface area contributed by atoms with Crippen molar-refractivity contribution in [2.24, 2.45) is 0 Å². The Balaban J connectivity index is 1.49. The Bertz CT molecular complexity index is 1500. The first-order valence-corrected chi connectivity index (χ1v) is 11.4. The molecule has 0 aliphatic heterocycles. The van der Waals surface area contributed by atoms with Crippen LogP contribution in [0.1, 0.15) is 19.2 Å². The lowest BCUT2D eigenvalue weighted by atomic mass is 10.1. The van der Waals surface area contributed by atoms with Crippen LogP contribution in [0, 0.1) is 0 Å². The van der Waals surface area contributed by atoms with Gasteiger partial charge in [-0.05, 0) is 55.0 Å². The Morgan fingerprint density at radius 1 is 0.576 bits per heavy atom. The third-order valence-corrected chi connectivity index (χ3v) is 6.18. The van der Waals surface area contributed by atoms with Crippen molar-refractivity contribution in [1.29, 1.82) is 0 Å². The Labute approximate surface area is 192 Å². The minimum absolute atomic E-state index is 0.874. The first kappa shape index (κ1) is 19.5. The molecule has 4 nitrogen and oxygen atoms in total. The van der Waals surface area contributed by atoms with Gasteiger partial charge in [-0.2, -0.15) is 0 Å².